The number of rotatable bonds is 6. The summed E-state index contributed by atoms with van der Waals surface area (Å²) in [5.74, 6) is 7.02. The van der Waals surface area contributed by atoms with Crippen LogP contribution in [0.1, 0.15) is 43.9 Å². The molecule has 2 heteroatoms. The Bertz CT molecular complexity index is 428. The number of methoxy groups -OCH3 is 1. The molecule has 1 aromatic carbocycles. The molecule has 18 heavy (non-hydrogen) atoms. The molecule has 0 saturated heterocycles. The lowest BCUT2D eigenvalue weighted by Gasteiger charge is -2.18. The van der Waals surface area contributed by atoms with Gasteiger partial charge in [-0.3, -0.25) is 0 Å². The fraction of sp³-hybridized carbons (Fsp3) is 0.500. The fourth-order valence-electron chi connectivity index (χ4n) is 2.09. The van der Waals surface area contributed by atoms with E-state index in [2.05, 4.69) is 43.1 Å². The number of ether oxygens (including phenoxy) is 1. The molecule has 0 bridgehead atoms. The molecule has 0 aliphatic carbocycles. The van der Waals surface area contributed by atoms with E-state index in [1.165, 1.54) is 11.1 Å². The van der Waals surface area contributed by atoms with Crippen LogP contribution in [0.15, 0.2) is 18.2 Å². The second-order valence-electron chi connectivity index (χ2n) is 4.30. The Morgan fingerprint density at radius 1 is 1.39 bits per heavy atom. The first-order valence-corrected chi connectivity index (χ1v) is 6.50. The normalized spacial score (nSPS) is 11.6. The van der Waals surface area contributed by atoms with Crippen LogP contribution in [0.2, 0.25) is 0 Å². The minimum absolute atomic E-state index is 0.375. The van der Waals surface area contributed by atoms with Crippen molar-refractivity contribution in [1.82, 2.24) is 5.32 Å². The molecular weight excluding hydrogens is 222 g/mol. The van der Waals surface area contributed by atoms with Crippen molar-refractivity contribution in [3.8, 4) is 17.6 Å². The summed E-state index contributed by atoms with van der Waals surface area (Å²) in [5.41, 5.74) is 2.49. The van der Waals surface area contributed by atoms with Crippen LogP contribution in [0.4, 0.5) is 0 Å². The summed E-state index contributed by atoms with van der Waals surface area (Å²) in [5, 5.41) is 3.51. The molecule has 0 aliphatic rings. The zero-order valence-electron chi connectivity index (χ0n) is 11.8. The number of benzene rings is 1. The first kappa shape index (κ1) is 14.6. The summed E-state index contributed by atoms with van der Waals surface area (Å²) in [6.07, 6.45) is 1.97. The molecular formula is C16H23NO. The van der Waals surface area contributed by atoms with Crippen molar-refractivity contribution in [2.24, 2.45) is 0 Å². The smallest absolute Gasteiger partial charge is 0.121 e. The van der Waals surface area contributed by atoms with Gasteiger partial charge in [-0.05, 0) is 44.0 Å². The molecule has 0 fully saturated rings. The largest absolute Gasteiger partial charge is 0.496 e. The summed E-state index contributed by atoms with van der Waals surface area (Å²) in [4.78, 5) is 0. The second kappa shape index (κ2) is 7.79. The molecule has 1 rings (SSSR count). The standard InChI is InChI=1S/C16H23NO/c1-5-7-8-9-15(17-6-2)14-10-11-16(18-4)13(3)12-14/h10-12,15,17H,6,8-9H2,1-4H3. The van der Waals surface area contributed by atoms with Gasteiger partial charge in [0.05, 0.1) is 7.11 Å². The summed E-state index contributed by atoms with van der Waals surface area (Å²) < 4.78 is 5.30. The quantitative estimate of drug-likeness (QED) is 0.775. The summed E-state index contributed by atoms with van der Waals surface area (Å²) in [6.45, 7) is 7.07. The first-order valence-electron chi connectivity index (χ1n) is 6.50. The molecule has 1 atom stereocenters. The highest BCUT2D eigenvalue weighted by Gasteiger charge is 2.10. The van der Waals surface area contributed by atoms with E-state index < -0.39 is 0 Å². The number of hydrogen-bond donors (Lipinski definition) is 1. The van der Waals surface area contributed by atoms with Crippen molar-refractivity contribution in [3.63, 3.8) is 0 Å². The number of aryl methyl sites for hydroxylation is 1. The maximum Gasteiger partial charge on any atom is 0.121 e. The van der Waals surface area contributed by atoms with Gasteiger partial charge in [-0.1, -0.05) is 19.1 Å². The van der Waals surface area contributed by atoms with Gasteiger partial charge in [-0.25, -0.2) is 0 Å². The monoisotopic (exact) mass is 245 g/mol. The van der Waals surface area contributed by atoms with Crippen LogP contribution in [-0.4, -0.2) is 13.7 Å². The molecule has 0 aromatic heterocycles. The van der Waals surface area contributed by atoms with Gasteiger partial charge >= 0.3 is 0 Å². The Hall–Kier alpha value is -1.46. The lowest BCUT2D eigenvalue weighted by atomic mass is 9.99. The Labute approximate surface area is 111 Å². The third-order valence-electron chi connectivity index (χ3n) is 3.01. The third-order valence-corrected chi connectivity index (χ3v) is 3.01. The highest BCUT2D eigenvalue weighted by molar-refractivity contribution is 5.37. The average molecular weight is 245 g/mol. The van der Waals surface area contributed by atoms with Crippen LogP contribution < -0.4 is 10.1 Å². The number of nitrogens with one attached hydrogen (secondary N) is 1. The van der Waals surface area contributed by atoms with Crippen molar-refractivity contribution >= 4 is 0 Å². The van der Waals surface area contributed by atoms with Gasteiger partial charge in [-0.15, -0.1) is 11.8 Å². The third kappa shape index (κ3) is 4.09. The van der Waals surface area contributed by atoms with E-state index in [0.29, 0.717) is 6.04 Å². The van der Waals surface area contributed by atoms with Crippen LogP contribution >= 0.6 is 0 Å². The fourth-order valence-corrected chi connectivity index (χ4v) is 2.09. The summed E-state index contributed by atoms with van der Waals surface area (Å²) in [6, 6.07) is 6.75. The Morgan fingerprint density at radius 2 is 2.17 bits per heavy atom. The van der Waals surface area contributed by atoms with E-state index in [0.717, 1.165) is 25.1 Å². The SMILES string of the molecule is CC#CCCC(NCC)c1ccc(OC)c(C)c1. The lowest BCUT2D eigenvalue weighted by Crippen LogP contribution is -2.20. The highest BCUT2D eigenvalue weighted by atomic mass is 16.5. The van der Waals surface area contributed by atoms with Crippen molar-refractivity contribution in [1.29, 1.82) is 0 Å². The number of hydrogen-bond acceptors (Lipinski definition) is 2. The van der Waals surface area contributed by atoms with Gasteiger partial charge in [0, 0.05) is 12.5 Å². The van der Waals surface area contributed by atoms with E-state index in [-0.39, 0.29) is 0 Å². The van der Waals surface area contributed by atoms with E-state index in [1.807, 2.05) is 13.0 Å². The van der Waals surface area contributed by atoms with Crippen molar-refractivity contribution in [2.75, 3.05) is 13.7 Å². The maximum absolute atomic E-state index is 5.30. The van der Waals surface area contributed by atoms with Gasteiger partial charge in [0.2, 0.25) is 0 Å². The van der Waals surface area contributed by atoms with Gasteiger partial charge < -0.3 is 10.1 Å². The van der Waals surface area contributed by atoms with Gasteiger partial charge in [0.1, 0.15) is 5.75 Å². The Kier molecular flexibility index (Phi) is 6.32. The predicted molar refractivity (Wildman–Crippen MR) is 76.8 cm³/mol. The molecule has 0 saturated carbocycles. The summed E-state index contributed by atoms with van der Waals surface area (Å²) >= 11 is 0. The topological polar surface area (TPSA) is 21.3 Å². The van der Waals surface area contributed by atoms with Crippen LogP contribution in [0.25, 0.3) is 0 Å². The van der Waals surface area contributed by atoms with E-state index >= 15 is 0 Å². The Morgan fingerprint density at radius 3 is 2.72 bits per heavy atom. The zero-order chi connectivity index (χ0) is 13.4. The van der Waals surface area contributed by atoms with Gasteiger partial charge in [0.25, 0.3) is 0 Å². The molecule has 0 radical (unpaired) electrons. The van der Waals surface area contributed by atoms with Crippen molar-refractivity contribution in [2.45, 2.75) is 39.7 Å². The van der Waals surface area contributed by atoms with Crippen LogP contribution in [-0.2, 0) is 0 Å². The maximum atomic E-state index is 5.30. The predicted octanol–water partition coefficient (Wildman–Crippen LogP) is 3.46. The molecule has 0 spiro atoms. The van der Waals surface area contributed by atoms with Gasteiger partial charge in [-0.2, -0.15) is 0 Å². The lowest BCUT2D eigenvalue weighted by molar-refractivity contribution is 0.411. The summed E-state index contributed by atoms with van der Waals surface area (Å²) in [7, 11) is 1.71. The van der Waals surface area contributed by atoms with Crippen LogP contribution in [0, 0.1) is 18.8 Å². The molecule has 1 N–H and O–H groups in total. The molecule has 0 aliphatic heterocycles. The Balaban J connectivity index is 2.83. The molecule has 1 unspecified atom stereocenters. The zero-order valence-corrected chi connectivity index (χ0v) is 11.8. The van der Waals surface area contributed by atoms with Crippen molar-refractivity contribution < 1.29 is 4.74 Å². The molecule has 1 aromatic rings. The first-order chi connectivity index (χ1) is 8.72. The van der Waals surface area contributed by atoms with E-state index in [9.17, 15) is 0 Å². The van der Waals surface area contributed by atoms with Gasteiger partial charge in [0.15, 0.2) is 0 Å². The van der Waals surface area contributed by atoms with Crippen molar-refractivity contribution in [3.05, 3.63) is 29.3 Å². The minimum Gasteiger partial charge on any atom is -0.496 e. The van der Waals surface area contributed by atoms with E-state index in [4.69, 9.17) is 4.74 Å². The highest BCUT2D eigenvalue weighted by Crippen LogP contribution is 2.24. The molecule has 0 amide bonds. The average Bonchev–Trinajstić information content (AvgIpc) is 2.38. The van der Waals surface area contributed by atoms with Crippen LogP contribution in [0.3, 0.4) is 0 Å². The van der Waals surface area contributed by atoms with Crippen LogP contribution in [0.5, 0.6) is 5.75 Å². The minimum atomic E-state index is 0.375. The molecule has 0 heterocycles. The van der Waals surface area contributed by atoms with E-state index in [1.54, 1.807) is 7.11 Å². The molecule has 2 nitrogen and oxygen atoms in total. The second-order valence-corrected chi connectivity index (χ2v) is 4.30. The molecule has 98 valence electrons.